The van der Waals surface area contributed by atoms with Gasteiger partial charge in [-0.2, -0.15) is 0 Å². The molecular weight excluding hydrogens is 396 g/mol. The highest BCUT2D eigenvalue weighted by Gasteiger charge is 2.41. The van der Waals surface area contributed by atoms with Crippen LogP contribution in [0.4, 0.5) is 5.69 Å². The van der Waals surface area contributed by atoms with Crippen molar-refractivity contribution in [2.45, 2.75) is 12.1 Å². The lowest BCUT2D eigenvalue weighted by atomic mass is 9.97. The third-order valence-electron chi connectivity index (χ3n) is 4.67. The van der Waals surface area contributed by atoms with Crippen molar-refractivity contribution in [1.29, 1.82) is 0 Å². The summed E-state index contributed by atoms with van der Waals surface area (Å²) in [4.78, 5) is 36.0. The molecule has 0 bridgehead atoms. The van der Waals surface area contributed by atoms with Crippen LogP contribution in [0.2, 0.25) is 0 Å². The zero-order valence-corrected chi connectivity index (χ0v) is 16.4. The minimum absolute atomic E-state index is 0.149. The number of benzene rings is 2. The molecule has 158 valence electrons. The predicted molar refractivity (Wildman–Crippen MR) is 104 cm³/mol. The van der Waals surface area contributed by atoms with Crippen LogP contribution in [0.15, 0.2) is 36.4 Å². The third kappa shape index (κ3) is 3.96. The van der Waals surface area contributed by atoms with Gasteiger partial charge in [0.1, 0.15) is 11.8 Å². The van der Waals surface area contributed by atoms with Crippen molar-refractivity contribution in [3.63, 3.8) is 0 Å². The number of hydrogen-bond acceptors (Lipinski definition) is 8. The summed E-state index contributed by atoms with van der Waals surface area (Å²) in [6.07, 6.45) is 0. The van der Waals surface area contributed by atoms with Crippen LogP contribution < -0.4 is 30.4 Å². The van der Waals surface area contributed by atoms with Gasteiger partial charge >= 0.3 is 0 Å². The summed E-state index contributed by atoms with van der Waals surface area (Å²) >= 11 is 0. The van der Waals surface area contributed by atoms with E-state index in [1.165, 1.54) is 33.5 Å². The minimum atomic E-state index is -1.10. The summed E-state index contributed by atoms with van der Waals surface area (Å²) in [5.74, 6) is -0.0604. The molecule has 30 heavy (non-hydrogen) atoms. The molecule has 1 saturated heterocycles. The van der Waals surface area contributed by atoms with E-state index in [4.69, 9.17) is 14.2 Å². The second-order valence-electron chi connectivity index (χ2n) is 6.31. The van der Waals surface area contributed by atoms with Gasteiger partial charge in [0, 0.05) is 5.56 Å². The summed E-state index contributed by atoms with van der Waals surface area (Å²) in [6.45, 7) is 0. The molecule has 1 aliphatic rings. The van der Waals surface area contributed by atoms with Crippen LogP contribution in [0.3, 0.4) is 0 Å². The van der Waals surface area contributed by atoms with Crippen molar-refractivity contribution in [1.82, 2.24) is 16.2 Å². The number of nitrogens with zero attached hydrogens (tertiary/aromatic N) is 1. The maximum atomic E-state index is 12.6. The van der Waals surface area contributed by atoms with E-state index in [0.29, 0.717) is 11.3 Å². The number of methoxy groups -OCH3 is 3. The fourth-order valence-electron chi connectivity index (χ4n) is 3.13. The molecule has 2 atom stereocenters. The van der Waals surface area contributed by atoms with Crippen molar-refractivity contribution in [3.05, 3.63) is 57.6 Å². The third-order valence-corrected chi connectivity index (χ3v) is 4.67. The first-order chi connectivity index (χ1) is 14.4. The van der Waals surface area contributed by atoms with E-state index in [0.717, 1.165) is 0 Å². The van der Waals surface area contributed by atoms with Crippen LogP contribution in [-0.4, -0.2) is 44.1 Å². The van der Waals surface area contributed by atoms with Crippen molar-refractivity contribution >= 4 is 17.5 Å². The Balaban J connectivity index is 1.94. The highest BCUT2D eigenvalue weighted by Crippen LogP contribution is 2.38. The topological polar surface area (TPSA) is 141 Å². The number of amides is 2. The van der Waals surface area contributed by atoms with Crippen LogP contribution in [0.25, 0.3) is 0 Å². The normalized spacial score (nSPS) is 17.8. The zero-order chi connectivity index (χ0) is 21.8. The Hall–Kier alpha value is -3.86. The Morgan fingerprint density at radius 3 is 2.27 bits per heavy atom. The van der Waals surface area contributed by atoms with Crippen LogP contribution in [0.5, 0.6) is 17.2 Å². The Labute approximate surface area is 171 Å². The molecule has 0 aliphatic carbocycles. The van der Waals surface area contributed by atoms with Gasteiger partial charge in [-0.3, -0.25) is 25.1 Å². The highest BCUT2D eigenvalue weighted by atomic mass is 16.6. The number of ether oxygens (including phenoxy) is 3. The number of nitro groups is 1. The maximum absolute atomic E-state index is 12.6. The van der Waals surface area contributed by atoms with Crippen molar-refractivity contribution in [2.75, 3.05) is 21.3 Å². The molecule has 2 amide bonds. The Bertz CT molecular complexity index is 978. The van der Waals surface area contributed by atoms with Crippen LogP contribution in [0, 0.1) is 10.1 Å². The molecule has 3 rings (SSSR count). The molecule has 1 aliphatic heterocycles. The number of nitrogens with one attached hydrogen (secondary N) is 3. The molecule has 0 aromatic heterocycles. The standard InChI is InChI=1S/C19H20N4O7/c1-28-11-6-4-10(5-7-11)18(24)20-17-16(21-22-19(17)25)12-8-14(29-2)15(30-3)9-13(12)23(26)27/h4-9,16-17,21H,1-3H3,(H,20,24)(H,22,25)/t16-,17-/m1/s1. The Morgan fingerprint density at radius 2 is 1.70 bits per heavy atom. The molecule has 0 radical (unpaired) electrons. The molecule has 3 N–H and O–H groups in total. The number of carbonyl (C=O) groups is 2. The lowest BCUT2D eigenvalue weighted by Crippen LogP contribution is -2.43. The quantitative estimate of drug-likeness (QED) is 0.450. The molecule has 1 heterocycles. The van der Waals surface area contributed by atoms with Crippen LogP contribution in [0.1, 0.15) is 22.0 Å². The summed E-state index contributed by atoms with van der Waals surface area (Å²) in [7, 11) is 4.25. The Kier molecular flexibility index (Phi) is 6.02. The van der Waals surface area contributed by atoms with Crippen LogP contribution >= 0.6 is 0 Å². The van der Waals surface area contributed by atoms with E-state index in [-0.39, 0.29) is 22.7 Å². The zero-order valence-electron chi connectivity index (χ0n) is 16.4. The van der Waals surface area contributed by atoms with E-state index in [9.17, 15) is 19.7 Å². The smallest absolute Gasteiger partial charge is 0.278 e. The van der Waals surface area contributed by atoms with Gasteiger partial charge in [0.15, 0.2) is 11.5 Å². The molecule has 11 heteroatoms. The molecular formula is C19H20N4O7. The van der Waals surface area contributed by atoms with Gasteiger partial charge in [-0.1, -0.05) is 0 Å². The molecule has 2 aromatic carbocycles. The van der Waals surface area contributed by atoms with Crippen LogP contribution in [-0.2, 0) is 4.79 Å². The fraction of sp³-hybridized carbons (Fsp3) is 0.263. The predicted octanol–water partition coefficient (Wildman–Crippen LogP) is 1.09. The summed E-state index contributed by atoms with van der Waals surface area (Å²) in [5.41, 5.74) is 5.27. The maximum Gasteiger partial charge on any atom is 0.278 e. The fourth-order valence-corrected chi connectivity index (χ4v) is 3.13. The van der Waals surface area contributed by atoms with Gasteiger partial charge < -0.3 is 19.5 Å². The van der Waals surface area contributed by atoms with E-state index in [2.05, 4.69) is 16.2 Å². The second-order valence-corrected chi connectivity index (χ2v) is 6.31. The monoisotopic (exact) mass is 416 g/mol. The number of nitro benzene ring substituents is 1. The summed E-state index contributed by atoms with van der Waals surface area (Å²) in [5, 5.41) is 14.2. The number of hydrazine groups is 1. The lowest BCUT2D eigenvalue weighted by Gasteiger charge is -2.20. The van der Waals surface area contributed by atoms with Gasteiger partial charge in [-0.05, 0) is 30.3 Å². The molecule has 0 spiro atoms. The first kappa shape index (κ1) is 20.9. The summed E-state index contributed by atoms with van der Waals surface area (Å²) < 4.78 is 15.4. The first-order valence-electron chi connectivity index (χ1n) is 8.80. The average Bonchev–Trinajstić information content (AvgIpc) is 3.12. The largest absolute Gasteiger partial charge is 0.497 e. The number of hydrogen-bond donors (Lipinski definition) is 3. The molecule has 0 saturated carbocycles. The van der Waals surface area contributed by atoms with E-state index in [1.807, 2.05) is 0 Å². The Morgan fingerprint density at radius 1 is 1.07 bits per heavy atom. The van der Waals surface area contributed by atoms with Gasteiger partial charge in [0.2, 0.25) is 0 Å². The van der Waals surface area contributed by atoms with Crippen molar-refractivity contribution in [3.8, 4) is 17.2 Å². The van der Waals surface area contributed by atoms with Gasteiger partial charge in [-0.15, -0.1) is 0 Å². The van der Waals surface area contributed by atoms with Crippen molar-refractivity contribution < 1.29 is 28.7 Å². The number of rotatable bonds is 7. The average molecular weight is 416 g/mol. The minimum Gasteiger partial charge on any atom is -0.497 e. The van der Waals surface area contributed by atoms with Crippen molar-refractivity contribution in [2.24, 2.45) is 0 Å². The van der Waals surface area contributed by atoms with Gasteiger partial charge in [0.05, 0.1) is 43.9 Å². The van der Waals surface area contributed by atoms with E-state index in [1.54, 1.807) is 24.3 Å². The van der Waals surface area contributed by atoms with E-state index >= 15 is 0 Å². The highest BCUT2D eigenvalue weighted by molar-refractivity contribution is 5.98. The SMILES string of the molecule is COc1ccc(C(=O)N[C@H]2C(=O)NN[C@@H]2c2cc(OC)c(OC)cc2[N+](=O)[O-])cc1. The summed E-state index contributed by atoms with van der Waals surface area (Å²) in [6, 6.07) is 6.90. The lowest BCUT2D eigenvalue weighted by molar-refractivity contribution is -0.385. The molecule has 2 aromatic rings. The molecule has 0 unspecified atom stereocenters. The number of carbonyl (C=O) groups excluding carboxylic acids is 2. The first-order valence-corrected chi connectivity index (χ1v) is 8.80. The molecule has 1 fully saturated rings. The second kappa shape index (κ2) is 8.66. The van der Waals surface area contributed by atoms with Gasteiger partial charge in [0.25, 0.3) is 17.5 Å². The van der Waals surface area contributed by atoms with Gasteiger partial charge in [-0.25, -0.2) is 5.43 Å². The van der Waals surface area contributed by atoms with E-state index < -0.39 is 28.8 Å². The molecule has 11 nitrogen and oxygen atoms in total.